The molecular weight excluding hydrogens is 442 g/mol. The predicted molar refractivity (Wildman–Crippen MR) is 98.3 cm³/mol. The third kappa shape index (κ3) is 4.07. The Morgan fingerprint density at radius 1 is 1.16 bits per heavy atom. The van der Waals surface area contributed by atoms with Crippen molar-refractivity contribution in [2.75, 3.05) is 13.2 Å². The minimum Gasteiger partial charge on any atom is -0.462 e. The van der Waals surface area contributed by atoms with Gasteiger partial charge in [-0.3, -0.25) is 9.35 Å². The van der Waals surface area contributed by atoms with Gasteiger partial charge in [0.25, 0.3) is 0 Å². The minimum atomic E-state index is -5.97. The van der Waals surface area contributed by atoms with Crippen LogP contribution in [0, 0.1) is 17.3 Å². The van der Waals surface area contributed by atoms with Crippen molar-refractivity contribution < 1.29 is 50.3 Å². The zero-order valence-corrected chi connectivity index (χ0v) is 18.1. The summed E-state index contributed by atoms with van der Waals surface area (Å²) in [5.74, 6) is -3.66. The van der Waals surface area contributed by atoms with Crippen LogP contribution >= 0.6 is 0 Å². The molecule has 4 saturated carbocycles. The van der Waals surface area contributed by atoms with E-state index in [9.17, 15) is 26.8 Å². The van der Waals surface area contributed by atoms with Crippen LogP contribution in [0.15, 0.2) is 0 Å². The summed E-state index contributed by atoms with van der Waals surface area (Å²) >= 11 is 0. The Morgan fingerprint density at radius 2 is 1.77 bits per heavy atom. The van der Waals surface area contributed by atoms with E-state index >= 15 is 0 Å². The van der Waals surface area contributed by atoms with E-state index < -0.39 is 50.2 Å². The maximum atomic E-state index is 13.8. The van der Waals surface area contributed by atoms with Gasteiger partial charge in [-0.2, -0.15) is 17.2 Å². The molecule has 0 amide bonds. The van der Waals surface area contributed by atoms with Gasteiger partial charge in [0.1, 0.15) is 18.3 Å². The van der Waals surface area contributed by atoms with Crippen molar-refractivity contribution in [3.63, 3.8) is 0 Å². The number of ether oxygens (including phenoxy) is 4. The van der Waals surface area contributed by atoms with Crippen LogP contribution in [0.3, 0.4) is 0 Å². The molecule has 5 aliphatic rings. The molecule has 0 aromatic rings. The van der Waals surface area contributed by atoms with Crippen molar-refractivity contribution in [2.24, 2.45) is 17.3 Å². The standard InChI is InChI=1S/C19H26F2O9S/c1-16(2)28-9-13(29-16)8-27-14(22)17-4-11-3-12(5-17)7-18(6-11,10-17)30-15(23)19(20,21)31(24,25)26/h11-13H,3-10H2,1-2H3,(H,24,25,26). The van der Waals surface area contributed by atoms with Crippen LogP contribution in [-0.2, 0) is 38.7 Å². The molecule has 0 radical (unpaired) electrons. The van der Waals surface area contributed by atoms with Gasteiger partial charge in [-0.1, -0.05) is 0 Å². The number of esters is 2. The molecule has 3 unspecified atom stereocenters. The highest BCUT2D eigenvalue weighted by atomic mass is 32.2. The molecule has 4 bridgehead atoms. The first-order valence-electron chi connectivity index (χ1n) is 10.2. The summed E-state index contributed by atoms with van der Waals surface area (Å²) in [5, 5.41) is -5.07. The van der Waals surface area contributed by atoms with Gasteiger partial charge >= 0.3 is 27.3 Å². The average Bonchev–Trinajstić information content (AvgIpc) is 2.96. The maximum Gasteiger partial charge on any atom is 0.465 e. The molecule has 5 rings (SSSR count). The second-order valence-corrected chi connectivity index (χ2v) is 11.3. The molecule has 0 spiro atoms. The largest absolute Gasteiger partial charge is 0.465 e. The summed E-state index contributed by atoms with van der Waals surface area (Å²) in [6, 6.07) is 0. The smallest absolute Gasteiger partial charge is 0.462 e. The van der Waals surface area contributed by atoms with Crippen LogP contribution < -0.4 is 0 Å². The summed E-state index contributed by atoms with van der Waals surface area (Å²) in [6.45, 7) is 3.74. The fourth-order valence-electron chi connectivity index (χ4n) is 6.07. The van der Waals surface area contributed by atoms with Crippen LogP contribution in [0.25, 0.3) is 0 Å². The van der Waals surface area contributed by atoms with Gasteiger partial charge in [0.2, 0.25) is 0 Å². The van der Waals surface area contributed by atoms with E-state index in [0.29, 0.717) is 12.8 Å². The van der Waals surface area contributed by atoms with E-state index in [1.54, 1.807) is 13.8 Å². The highest BCUT2D eigenvalue weighted by molar-refractivity contribution is 7.87. The van der Waals surface area contributed by atoms with Gasteiger partial charge in [0, 0.05) is 6.42 Å². The van der Waals surface area contributed by atoms with E-state index in [1.165, 1.54) is 0 Å². The number of halogens is 2. The summed E-state index contributed by atoms with van der Waals surface area (Å²) in [6.07, 6.45) is 1.84. The third-order valence-electron chi connectivity index (χ3n) is 6.78. The summed E-state index contributed by atoms with van der Waals surface area (Å²) in [7, 11) is -5.97. The molecule has 1 aliphatic heterocycles. The highest BCUT2D eigenvalue weighted by Gasteiger charge is 2.65. The Kier molecular flexibility index (Phi) is 5.20. The van der Waals surface area contributed by atoms with Crippen LogP contribution in [0.1, 0.15) is 52.4 Å². The molecule has 0 aromatic carbocycles. The number of hydrogen-bond acceptors (Lipinski definition) is 8. The Labute approximate surface area is 178 Å². The molecule has 176 valence electrons. The quantitative estimate of drug-likeness (QED) is 0.460. The predicted octanol–water partition coefficient (Wildman–Crippen LogP) is 2.04. The second-order valence-electron chi connectivity index (χ2n) is 9.85. The molecule has 1 heterocycles. The fraction of sp³-hybridized carbons (Fsp3) is 0.895. The van der Waals surface area contributed by atoms with Gasteiger partial charge in [0.15, 0.2) is 5.79 Å². The molecule has 12 heteroatoms. The van der Waals surface area contributed by atoms with Gasteiger partial charge in [-0.15, -0.1) is 0 Å². The van der Waals surface area contributed by atoms with Crippen molar-refractivity contribution in [3.8, 4) is 0 Å². The Balaban J connectivity index is 1.48. The monoisotopic (exact) mass is 468 g/mol. The van der Waals surface area contributed by atoms with Crippen molar-refractivity contribution in [1.29, 1.82) is 0 Å². The van der Waals surface area contributed by atoms with E-state index in [4.69, 9.17) is 23.5 Å². The molecule has 0 aromatic heterocycles. The van der Waals surface area contributed by atoms with Crippen molar-refractivity contribution in [2.45, 2.75) is 75.1 Å². The first-order chi connectivity index (χ1) is 14.2. The van der Waals surface area contributed by atoms with Crippen LogP contribution in [-0.4, -0.2) is 60.9 Å². The maximum absolute atomic E-state index is 13.8. The lowest BCUT2D eigenvalue weighted by molar-refractivity contribution is -0.222. The summed E-state index contributed by atoms with van der Waals surface area (Å²) < 4.78 is 79.7. The lowest BCUT2D eigenvalue weighted by Crippen LogP contribution is -2.61. The normalized spacial score (nSPS) is 38.8. The molecule has 9 nitrogen and oxygen atoms in total. The SMILES string of the molecule is CC1(C)OCC(COC(=O)C23CC4CC(CC(OC(=O)C(F)(F)S(=O)(=O)O)(C4)C2)C3)O1. The van der Waals surface area contributed by atoms with Crippen molar-refractivity contribution in [1.82, 2.24) is 0 Å². The second kappa shape index (κ2) is 7.06. The fourth-order valence-corrected chi connectivity index (χ4v) is 6.32. The number of carbonyl (C=O) groups excluding carboxylic acids is 2. The first kappa shape index (κ1) is 22.8. The zero-order chi connectivity index (χ0) is 22.9. The lowest BCUT2D eigenvalue weighted by atomic mass is 9.48. The minimum absolute atomic E-state index is 0.0209. The lowest BCUT2D eigenvalue weighted by Gasteiger charge is -2.59. The molecule has 5 fully saturated rings. The topological polar surface area (TPSA) is 125 Å². The molecule has 1 N–H and O–H groups in total. The van der Waals surface area contributed by atoms with Crippen LogP contribution in [0.2, 0.25) is 0 Å². The van der Waals surface area contributed by atoms with E-state index in [-0.39, 0.29) is 44.3 Å². The van der Waals surface area contributed by atoms with Gasteiger partial charge in [0.05, 0.1) is 12.0 Å². The van der Waals surface area contributed by atoms with Crippen molar-refractivity contribution in [3.05, 3.63) is 0 Å². The van der Waals surface area contributed by atoms with Crippen LogP contribution in [0.5, 0.6) is 0 Å². The number of alkyl halides is 2. The molecular formula is C19H26F2O9S. The van der Waals surface area contributed by atoms with E-state index in [2.05, 4.69) is 0 Å². The summed E-state index contributed by atoms with van der Waals surface area (Å²) in [4.78, 5) is 25.0. The number of rotatable bonds is 6. The van der Waals surface area contributed by atoms with Crippen LogP contribution in [0.4, 0.5) is 8.78 Å². The van der Waals surface area contributed by atoms with Gasteiger partial charge < -0.3 is 18.9 Å². The Hall–Kier alpha value is -1.37. The van der Waals surface area contributed by atoms with Gasteiger partial charge in [-0.25, -0.2) is 4.79 Å². The Morgan fingerprint density at radius 3 is 2.29 bits per heavy atom. The molecule has 31 heavy (non-hydrogen) atoms. The Bertz CT molecular complexity index is 871. The average molecular weight is 468 g/mol. The molecule has 3 atom stereocenters. The molecule has 4 aliphatic carbocycles. The zero-order valence-electron chi connectivity index (χ0n) is 17.3. The third-order valence-corrected chi connectivity index (χ3v) is 7.59. The number of carbonyl (C=O) groups is 2. The van der Waals surface area contributed by atoms with Gasteiger partial charge in [-0.05, 0) is 57.8 Å². The van der Waals surface area contributed by atoms with Crippen molar-refractivity contribution >= 4 is 22.1 Å². The molecule has 1 saturated heterocycles. The number of hydrogen-bond donors (Lipinski definition) is 1. The first-order valence-corrected chi connectivity index (χ1v) is 11.7. The summed E-state index contributed by atoms with van der Waals surface area (Å²) in [5.41, 5.74) is -2.38. The van der Waals surface area contributed by atoms with E-state index in [0.717, 1.165) is 6.42 Å². The van der Waals surface area contributed by atoms with E-state index in [1.807, 2.05) is 0 Å². The highest BCUT2D eigenvalue weighted by Crippen LogP contribution is 2.63.